The SMILES string of the molecule is Cc1ccc(Nc2cc(C(=O)Nc3ccc(C#N)cc3)ncn2)cc1Cl. The van der Waals surface area contributed by atoms with Gasteiger partial charge in [0.25, 0.3) is 5.91 Å². The van der Waals surface area contributed by atoms with E-state index in [9.17, 15) is 4.79 Å². The van der Waals surface area contributed by atoms with Crippen LogP contribution in [0.4, 0.5) is 17.2 Å². The third kappa shape index (κ3) is 4.15. The number of hydrogen-bond acceptors (Lipinski definition) is 5. The summed E-state index contributed by atoms with van der Waals surface area (Å²) in [4.78, 5) is 20.5. The highest BCUT2D eigenvalue weighted by Gasteiger charge is 2.10. The van der Waals surface area contributed by atoms with Gasteiger partial charge in [-0.15, -0.1) is 0 Å². The molecule has 0 bridgehead atoms. The topological polar surface area (TPSA) is 90.7 Å². The largest absolute Gasteiger partial charge is 0.340 e. The van der Waals surface area contributed by atoms with E-state index in [1.807, 2.05) is 25.1 Å². The Labute approximate surface area is 155 Å². The van der Waals surface area contributed by atoms with Gasteiger partial charge in [0, 0.05) is 22.5 Å². The molecule has 0 spiro atoms. The van der Waals surface area contributed by atoms with Gasteiger partial charge in [-0.2, -0.15) is 5.26 Å². The molecule has 0 saturated heterocycles. The van der Waals surface area contributed by atoms with Gasteiger partial charge in [0.1, 0.15) is 17.8 Å². The summed E-state index contributed by atoms with van der Waals surface area (Å²) in [6.45, 7) is 1.92. The molecular formula is C19H14ClN5O. The summed E-state index contributed by atoms with van der Waals surface area (Å²) in [6, 6.07) is 15.7. The van der Waals surface area contributed by atoms with Gasteiger partial charge in [0.2, 0.25) is 0 Å². The van der Waals surface area contributed by atoms with Crippen LogP contribution in [0, 0.1) is 18.3 Å². The fraction of sp³-hybridized carbons (Fsp3) is 0.0526. The molecule has 0 aliphatic rings. The molecule has 1 aromatic heterocycles. The first-order valence-electron chi connectivity index (χ1n) is 7.72. The smallest absolute Gasteiger partial charge is 0.274 e. The second-order valence-electron chi connectivity index (χ2n) is 5.52. The van der Waals surface area contributed by atoms with E-state index in [1.54, 1.807) is 36.4 Å². The lowest BCUT2D eigenvalue weighted by molar-refractivity contribution is 0.102. The van der Waals surface area contributed by atoms with Crippen molar-refractivity contribution < 1.29 is 4.79 Å². The minimum Gasteiger partial charge on any atom is -0.340 e. The van der Waals surface area contributed by atoms with Crippen molar-refractivity contribution >= 4 is 34.7 Å². The molecule has 3 aromatic rings. The zero-order chi connectivity index (χ0) is 18.5. The number of halogens is 1. The number of aromatic nitrogens is 2. The van der Waals surface area contributed by atoms with Crippen molar-refractivity contribution in [2.75, 3.05) is 10.6 Å². The Bertz CT molecular complexity index is 996. The maximum absolute atomic E-state index is 12.4. The van der Waals surface area contributed by atoms with Crippen LogP contribution >= 0.6 is 11.6 Å². The van der Waals surface area contributed by atoms with Crippen molar-refractivity contribution in [3.8, 4) is 6.07 Å². The highest BCUT2D eigenvalue weighted by molar-refractivity contribution is 6.31. The zero-order valence-corrected chi connectivity index (χ0v) is 14.6. The van der Waals surface area contributed by atoms with Crippen molar-refractivity contribution in [2.24, 2.45) is 0 Å². The van der Waals surface area contributed by atoms with Crippen LogP contribution in [0.1, 0.15) is 21.6 Å². The summed E-state index contributed by atoms with van der Waals surface area (Å²) in [5, 5.41) is 15.3. The van der Waals surface area contributed by atoms with Gasteiger partial charge in [-0.25, -0.2) is 9.97 Å². The minimum atomic E-state index is -0.373. The van der Waals surface area contributed by atoms with E-state index in [0.29, 0.717) is 22.1 Å². The number of hydrogen-bond donors (Lipinski definition) is 2. The van der Waals surface area contributed by atoms with E-state index in [-0.39, 0.29) is 11.6 Å². The molecule has 26 heavy (non-hydrogen) atoms. The molecule has 0 atom stereocenters. The van der Waals surface area contributed by atoms with E-state index < -0.39 is 0 Å². The molecule has 3 rings (SSSR count). The standard InChI is InChI=1S/C19H14ClN5O/c1-12-2-5-15(8-16(12)20)24-18-9-17(22-11-23-18)19(26)25-14-6-3-13(10-21)4-7-14/h2-9,11H,1H3,(H,25,26)(H,22,23,24). The van der Waals surface area contributed by atoms with Crippen LogP contribution in [-0.2, 0) is 0 Å². The Balaban J connectivity index is 1.74. The fourth-order valence-corrected chi connectivity index (χ4v) is 2.37. The van der Waals surface area contributed by atoms with Gasteiger partial charge in [-0.05, 0) is 48.9 Å². The van der Waals surface area contributed by atoms with Crippen molar-refractivity contribution in [1.29, 1.82) is 5.26 Å². The number of rotatable bonds is 4. The van der Waals surface area contributed by atoms with Crippen molar-refractivity contribution in [3.05, 3.63) is 76.7 Å². The van der Waals surface area contributed by atoms with E-state index in [0.717, 1.165) is 11.3 Å². The van der Waals surface area contributed by atoms with E-state index in [4.69, 9.17) is 16.9 Å². The second-order valence-corrected chi connectivity index (χ2v) is 5.93. The van der Waals surface area contributed by atoms with Gasteiger partial charge >= 0.3 is 0 Å². The number of benzene rings is 2. The Morgan fingerprint density at radius 2 is 1.81 bits per heavy atom. The van der Waals surface area contributed by atoms with E-state index in [2.05, 4.69) is 20.6 Å². The summed E-state index contributed by atoms with van der Waals surface area (Å²) in [6.07, 6.45) is 1.31. The number of carbonyl (C=O) groups is 1. The van der Waals surface area contributed by atoms with Crippen LogP contribution in [0.5, 0.6) is 0 Å². The minimum absolute atomic E-state index is 0.213. The average molecular weight is 364 g/mol. The third-order valence-corrected chi connectivity index (χ3v) is 4.02. The summed E-state index contributed by atoms with van der Waals surface area (Å²) in [5.41, 5.74) is 3.05. The average Bonchev–Trinajstić information content (AvgIpc) is 2.65. The van der Waals surface area contributed by atoms with Gasteiger partial charge in [-0.1, -0.05) is 17.7 Å². The zero-order valence-electron chi connectivity index (χ0n) is 13.8. The van der Waals surface area contributed by atoms with E-state index >= 15 is 0 Å². The maximum Gasteiger partial charge on any atom is 0.274 e. The molecule has 2 N–H and O–H groups in total. The molecule has 6 nitrogen and oxygen atoms in total. The monoisotopic (exact) mass is 363 g/mol. The Morgan fingerprint density at radius 3 is 2.50 bits per heavy atom. The molecule has 2 aromatic carbocycles. The van der Waals surface area contributed by atoms with Gasteiger partial charge in [0.05, 0.1) is 11.6 Å². The molecule has 0 radical (unpaired) electrons. The summed E-state index contributed by atoms with van der Waals surface area (Å²) < 4.78 is 0. The number of nitrogens with one attached hydrogen (secondary N) is 2. The van der Waals surface area contributed by atoms with Crippen molar-refractivity contribution in [3.63, 3.8) is 0 Å². The van der Waals surface area contributed by atoms with Gasteiger partial charge in [-0.3, -0.25) is 4.79 Å². The molecule has 0 aliphatic heterocycles. The molecule has 7 heteroatoms. The summed E-state index contributed by atoms with van der Waals surface area (Å²) >= 11 is 6.12. The molecule has 0 unspecified atom stereocenters. The summed E-state index contributed by atoms with van der Waals surface area (Å²) in [7, 11) is 0. The van der Waals surface area contributed by atoms with Crippen LogP contribution in [-0.4, -0.2) is 15.9 Å². The van der Waals surface area contributed by atoms with Crippen LogP contribution in [0.2, 0.25) is 5.02 Å². The highest BCUT2D eigenvalue weighted by atomic mass is 35.5. The first-order chi connectivity index (χ1) is 12.5. The second kappa shape index (κ2) is 7.64. The van der Waals surface area contributed by atoms with Gasteiger partial charge in [0.15, 0.2) is 0 Å². The molecular weight excluding hydrogens is 350 g/mol. The number of amides is 1. The number of anilines is 3. The van der Waals surface area contributed by atoms with Crippen LogP contribution in [0.3, 0.4) is 0 Å². The predicted molar refractivity (Wildman–Crippen MR) is 101 cm³/mol. The van der Waals surface area contributed by atoms with E-state index in [1.165, 1.54) is 6.33 Å². The summed E-state index contributed by atoms with van der Waals surface area (Å²) in [5.74, 6) is 0.104. The number of nitriles is 1. The quantitative estimate of drug-likeness (QED) is 0.720. The molecule has 1 heterocycles. The highest BCUT2D eigenvalue weighted by Crippen LogP contribution is 2.22. The first-order valence-corrected chi connectivity index (χ1v) is 8.10. The number of nitrogens with zero attached hydrogens (tertiary/aromatic N) is 3. The number of aryl methyl sites for hydroxylation is 1. The lowest BCUT2D eigenvalue weighted by Crippen LogP contribution is -2.14. The number of carbonyl (C=O) groups excluding carboxylic acids is 1. The van der Waals surface area contributed by atoms with Crippen LogP contribution < -0.4 is 10.6 Å². The molecule has 0 aliphatic carbocycles. The molecule has 0 saturated carbocycles. The Hall–Kier alpha value is -3.43. The lowest BCUT2D eigenvalue weighted by atomic mass is 10.2. The Morgan fingerprint density at radius 1 is 1.08 bits per heavy atom. The third-order valence-electron chi connectivity index (χ3n) is 3.62. The predicted octanol–water partition coefficient (Wildman–Crippen LogP) is 4.31. The maximum atomic E-state index is 12.4. The first kappa shape index (κ1) is 17.4. The van der Waals surface area contributed by atoms with Crippen molar-refractivity contribution in [1.82, 2.24) is 9.97 Å². The normalized spacial score (nSPS) is 10.0. The van der Waals surface area contributed by atoms with Crippen LogP contribution in [0.15, 0.2) is 54.9 Å². The molecule has 1 amide bonds. The van der Waals surface area contributed by atoms with Gasteiger partial charge < -0.3 is 10.6 Å². The Kier molecular flexibility index (Phi) is 5.11. The molecule has 128 valence electrons. The fourth-order valence-electron chi connectivity index (χ4n) is 2.19. The van der Waals surface area contributed by atoms with Crippen LogP contribution in [0.25, 0.3) is 0 Å². The molecule has 0 fully saturated rings. The lowest BCUT2D eigenvalue weighted by Gasteiger charge is -2.09. The van der Waals surface area contributed by atoms with Crippen molar-refractivity contribution in [2.45, 2.75) is 6.92 Å².